The van der Waals surface area contributed by atoms with E-state index in [0.29, 0.717) is 50.0 Å². The van der Waals surface area contributed by atoms with E-state index in [1.54, 1.807) is 37.3 Å². The lowest BCUT2D eigenvalue weighted by atomic mass is 9.94. The summed E-state index contributed by atoms with van der Waals surface area (Å²) in [6.07, 6.45) is 0. The largest absolute Gasteiger partial charge is 0.492 e. The Bertz CT molecular complexity index is 942. The number of hydrogen-bond acceptors (Lipinski definition) is 3. The Morgan fingerprint density at radius 3 is 2.54 bits per heavy atom. The third kappa shape index (κ3) is 4.24. The first-order valence-corrected chi connectivity index (χ1v) is 9.84. The van der Waals surface area contributed by atoms with Crippen LogP contribution in [0.5, 0.6) is 5.75 Å². The second kappa shape index (κ2) is 8.82. The Morgan fingerprint density at radius 2 is 1.86 bits per heavy atom. The highest BCUT2D eigenvalue weighted by molar-refractivity contribution is 7.80. The molecule has 0 fully saturated rings. The van der Waals surface area contributed by atoms with Crippen molar-refractivity contribution in [2.45, 2.75) is 19.9 Å². The zero-order chi connectivity index (χ0) is 20.3. The van der Waals surface area contributed by atoms with Gasteiger partial charge in [-0.1, -0.05) is 41.4 Å². The van der Waals surface area contributed by atoms with E-state index in [2.05, 4.69) is 16.0 Å². The number of nitrogens with one attached hydrogen (secondary N) is 3. The van der Waals surface area contributed by atoms with Crippen molar-refractivity contribution in [3.8, 4) is 5.75 Å². The molecule has 1 heterocycles. The molecular formula is C20H19Cl2N3O2S. The van der Waals surface area contributed by atoms with Crippen LogP contribution in [0.2, 0.25) is 10.0 Å². The Kier molecular flexibility index (Phi) is 6.44. The fourth-order valence-electron chi connectivity index (χ4n) is 3.04. The summed E-state index contributed by atoms with van der Waals surface area (Å²) < 4.78 is 5.59. The zero-order valence-electron chi connectivity index (χ0n) is 15.3. The maximum Gasteiger partial charge on any atom is 0.255 e. The molecule has 146 valence electrons. The molecule has 0 saturated carbocycles. The van der Waals surface area contributed by atoms with Gasteiger partial charge in [0.25, 0.3) is 5.91 Å². The number of amides is 1. The summed E-state index contributed by atoms with van der Waals surface area (Å²) in [7, 11) is 0. The van der Waals surface area contributed by atoms with E-state index in [1.807, 2.05) is 19.1 Å². The van der Waals surface area contributed by atoms with Crippen LogP contribution in [0.1, 0.15) is 25.5 Å². The van der Waals surface area contributed by atoms with E-state index < -0.39 is 6.04 Å². The van der Waals surface area contributed by atoms with Gasteiger partial charge in [-0.25, -0.2) is 0 Å². The quantitative estimate of drug-likeness (QED) is 0.587. The van der Waals surface area contributed by atoms with Gasteiger partial charge < -0.3 is 20.7 Å². The van der Waals surface area contributed by atoms with E-state index in [9.17, 15) is 4.79 Å². The van der Waals surface area contributed by atoms with Crippen LogP contribution in [-0.4, -0.2) is 17.6 Å². The fourth-order valence-corrected chi connectivity index (χ4v) is 3.93. The van der Waals surface area contributed by atoms with Gasteiger partial charge in [0.1, 0.15) is 5.75 Å². The van der Waals surface area contributed by atoms with Crippen molar-refractivity contribution < 1.29 is 9.53 Å². The van der Waals surface area contributed by atoms with Gasteiger partial charge >= 0.3 is 0 Å². The van der Waals surface area contributed by atoms with Crippen LogP contribution in [0, 0.1) is 0 Å². The summed E-state index contributed by atoms with van der Waals surface area (Å²) in [5.74, 6) is 0.282. The van der Waals surface area contributed by atoms with Gasteiger partial charge in [-0.2, -0.15) is 0 Å². The maximum absolute atomic E-state index is 13.2. The fraction of sp³-hybridized carbons (Fsp3) is 0.200. The topological polar surface area (TPSA) is 62.4 Å². The molecule has 1 atom stereocenters. The summed E-state index contributed by atoms with van der Waals surface area (Å²) >= 11 is 18.1. The number of halogens is 2. The number of ether oxygens (including phenoxy) is 1. The molecule has 2 aromatic carbocycles. The van der Waals surface area contributed by atoms with Gasteiger partial charge in [0, 0.05) is 21.3 Å². The highest BCUT2D eigenvalue weighted by atomic mass is 35.5. The normalized spacial score (nSPS) is 16.3. The Hall–Kier alpha value is -2.28. The highest BCUT2D eigenvalue weighted by Gasteiger charge is 2.32. The molecule has 0 aliphatic carbocycles. The minimum atomic E-state index is -0.589. The monoisotopic (exact) mass is 435 g/mol. The van der Waals surface area contributed by atoms with Gasteiger partial charge in [-0.15, -0.1) is 0 Å². The first kappa shape index (κ1) is 20.5. The van der Waals surface area contributed by atoms with Crippen LogP contribution < -0.4 is 20.7 Å². The molecule has 1 aliphatic rings. The van der Waals surface area contributed by atoms with Crippen molar-refractivity contribution in [2.75, 3.05) is 11.9 Å². The van der Waals surface area contributed by atoms with Crippen molar-refractivity contribution in [1.29, 1.82) is 0 Å². The Morgan fingerprint density at radius 1 is 1.18 bits per heavy atom. The standard InChI is InChI=1S/C20H19Cl2N3O2S/c1-3-27-15-10-5-4-9-14(15)24-19(26)16-11(2)23-20(28)25-18(16)17-12(21)7-6-8-13(17)22/h4-10,18H,3H2,1-2H3,(H,24,26)(H2,23,25,28)/t18-/m1/s1. The molecule has 2 aromatic rings. The third-order valence-corrected chi connectivity index (χ3v) is 5.12. The van der Waals surface area contributed by atoms with Crippen molar-refractivity contribution in [1.82, 2.24) is 10.6 Å². The summed E-state index contributed by atoms with van der Waals surface area (Å²) in [6.45, 7) is 4.16. The van der Waals surface area contributed by atoms with Crippen molar-refractivity contribution in [3.05, 3.63) is 69.3 Å². The van der Waals surface area contributed by atoms with Crippen LogP contribution in [0.25, 0.3) is 0 Å². The molecular weight excluding hydrogens is 417 g/mol. The van der Waals surface area contributed by atoms with Crippen molar-refractivity contribution in [2.24, 2.45) is 0 Å². The van der Waals surface area contributed by atoms with E-state index in [-0.39, 0.29) is 5.91 Å². The second-order valence-electron chi connectivity index (χ2n) is 6.09. The number of thiocarbonyl (C=S) groups is 1. The van der Waals surface area contributed by atoms with Gasteiger partial charge in [-0.3, -0.25) is 4.79 Å². The first-order valence-electron chi connectivity index (χ1n) is 8.67. The predicted molar refractivity (Wildman–Crippen MR) is 117 cm³/mol. The number of allylic oxidation sites excluding steroid dienone is 1. The smallest absolute Gasteiger partial charge is 0.255 e. The van der Waals surface area contributed by atoms with Gasteiger partial charge in [0.2, 0.25) is 0 Å². The van der Waals surface area contributed by atoms with Crippen LogP contribution in [0.15, 0.2) is 53.7 Å². The van der Waals surface area contributed by atoms with E-state index in [0.717, 1.165) is 0 Å². The molecule has 5 nitrogen and oxygen atoms in total. The number of carbonyl (C=O) groups is 1. The number of benzene rings is 2. The minimum absolute atomic E-state index is 0.312. The molecule has 28 heavy (non-hydrogen) atoms. The molecule has 1 aliphatic heterocycles. The van der Waals surface area contributed by atoms with Crippen molar-refractivity contribution >= 4 is 52.1 Å². The van der Waals surface area contributed by atoms with Crippen LogP contribution in [0.4, 0.5) is 5.69 Å². The number of carbonyl (C=O) groups excluding carboxylic acids is 1. The SMILES string of the molecule is CCOc1ccccc1NC(=O)C1=C(C)NC(=S)N[C@H]1c1c(Cl)cccc1Cl. The molecule has 8 heteroatoms. The van der Waals surface area contributed by atoms with Crippen LogP contribution >= 0.6 is 35.4 Å². The highest BCUT2D eigenvalue weighted by Crippen LogP contribution is 2.37. The Balaban J connectivity index is 2.01. The average molecular weight is 436 g/mol. The maximum atomic E-state index is 13.2. The molecule has 0 aromatic heterocycles. The lowest BCUT2D eigenvalue weighted by Gasteiger charge is -2.31. The zero-order valence-corrected chi connectivity index (χ0v) is 17.6. The van der Waals surface area contributed by atoms with E-state index in [1.165, 1.54) is 0 Å². The number of anilines is 1. The first-order chi connectivity index (χ1) is 13.4. The van der Waals surface area contributed by atoms with E-state index >= 15 is 0 Å². The summed E-state index contributed by atoms with van der Waals surface area (Å²) in [6, 6.07) is 11.9. The lowest BCUT2D eigenvalue weighted by Crippen LogP contribution is -2.46. The molecule has 0 saturated heterocycles. The molecule has 0 bridgehead atoms. The molecule has 3 rings (SSSR count). The summed E-state index contributed by atoms with van der Waals surface area (Å²) in [4.78, 5) is 13.2. The van der Waals surface area contributed by atoms with Gasteiger partial charge in [-0.05, 0) is 50.3 Å². The average Bonchev–Trinajstić information content (AvgIpc) is 2.63. The number of para-hydroxylation sites is 2. The summed E-state index contributed by atoms with van der Waals surface area (Å²) in [5.41, 5.74) is 2.23. The molecule has 0 spiro atoms. The van der Waals surface area contributed by atoms with Gasteiger partial charge in [0.05, 0.1) is 23.9 Å². The summed E-state index contributed by atoms with van der Waals surface area (Å²) in [5, 5.41) is 10.3. The predicted octanol–water partition coefficient (Wildman–Crippen LogP) is 4.82. The molecule has 0 radical (unpaired) electrons. The third-order valence-electron chi connectivity index (χ3n) is 4.24. The number of rotatable bonds is 5. The molecule has 3 N–H and O–H groups in total. The minimum Gasteiger partial charge on any atom is -0.492 e. The molecule has 1 amide bonds. The van der Waals surface area contributed by atoms with Crippen LogP contribution in [-0.2, 0) is 4.79 Å². The Labute approximate surface area is 179 Å². The van der Waals surface area contributed by atoms with E-state index in [4.69, 9.17) is 40.2 Å². The lowest BCUT2D eigenvalue weighted by molar-refractivity contribution is -0.113. The molecule has 0 unspecified atom stereocenters. The second-order valence-corrected chi connectivity index (χ2v) is 7.31. The number of hydrogen-bond donors (Lipinski definition) is 3. The van der Waals surface area contributed by atoms with Gasteiger partial charge in [0.15, 0.2) is 5.11 Å². The van der Waals surface area contributed by atoms with Crippen molar-refractivity contribution in [3.63, 3.8) is 0 Å². The van der Waals surface area contributed by atoms with Crippen LogP contribution in [0.3, 0.4) is 0 Å².